The second-order valence-electron chi connectivity index (χ2n) is 7.03. The summed E-state index contributed by atoms with van der Waals surface area (Å²) < 4.78 is 29.6. The van der Waals surface area contributed by atoms with Gasteiger partial charge in [0.15, 0.2) is 0 Å². The first-order valence-electron chi connectivity index (χ1n) is 9.56. The van der Waals surface area contributed by atoms with Gasteiger partial charge >= 0.3 is 0 Å². The molecule has 0 bridgehead atoms. The Morgan fingerprint density at radius 2 is 1.90 bits per heavy atom. The fourth-order valence-electron chi connectivity index (χ4n) is 3.62. The van der Waals surface area contributed by atoms with Gasteiger partial charge in [0, 0.05) is 29.7 Å². The molecular formula is C23H20F2N2O2S. The molecule has 1 aliphatic heterocycles. The minimum absolute atomic E-state index is 0.135. The Kier molecular flexibility index (Phi) is 5.49. The van der Waals surface area contributed by atoms with Crippen molar-refractivity contribution in [3.8, 4) is 10.6 Å². The smallest absolute Gasteiger partial charge is 0.275 e. The van der Waals surface area contributed by atoms with Crippen molar-refractivity contribution in [3.63, 3.8) is 0 Å². The van der Waals surface area contributed by atoms with Gasteiger partial charge in [-0.05, 0) is 19.1 Å². The average molecular weight is 426 g/mol. The molecule has 154 valence electrons. The highest BCUT2D eigenvalue weighted by Gasteiger charge is 2.41. The number of carbonyl (C=O) groups excluding carboxylic acids is 1. The number of amides is 1. The van der Waals surface area contributed by atoms with Gasteiger partial charge in [0.2, 0.25) is 0 Å². The lowest BCUT2D eigenvalue weighted by Gasteiger charge is -2.22. The Balaban J connectivity index is 1.77. The third kappa shape index (κ3) is 3.66. The highest BCUT2D eigenvalue weighted by molar-refractivity contribution is 7.17. The number of rotatable bonds is 3. The Bertz CT molecular complexity index is 1110. The molecule has 0 atom stereocenters. The van der Waals surface area contributed by atoms with E-state index >= 15 is 0 Å². The van der Waals surface area contributed by atoms with Crippen LogP contribution in [0.3, 0.4) is 0 Å². The first-order valence-corrected chi connectivity index (χ1v) is 10.4. The quantitative estimate of drug-likeness (QED) is 0.628. The van der Waals surface area contributed by atoms with Crippen LogP contribution in [0.4, 0.5) is 14.5 Å². The minimum atomic E-state index is -3.15. The van der Waals surface area contributed by atoms with Crippen LogP contribution in [0.15, 0.2) is 60.7 Å². The fraction of sp³-hybridized carbons (Fsp3) is 0.217. The molecule has 1 N–H and O–H groups in total. The first kappa shape index (κ1) is 20.4. The molecule has 3 aromatic rings. The monoisotopic (exact) mass is 426 g/mol. The zero-order valence-corrected chi connectivity index (χ0v) is 17.1. The van der Waals surface area contributed by atoms with Gasteiger partial charge in [-0.1, -0.05) is 48.5 Å². The number of hydrogen-bond donors (Lipinski definition) is 1. The Labute approximate surface area is 177 Å². The summed E-state index contributed by atoms with van der Waals surface area (Å²) in [6, 6.07) is 16.1. The first-order chi connectivity index (χ1) is 14.4. The summed E-state index contributed by atoms with van der Waals surface area (Å²) in [4.78, 5) is 19.8. The van der Waals surface area contributed by atoms with Gasteiger partial charge in [-0.15, -0.1) is 11.3 Å². The molecule has 0 radical (unpaired) electrons. The number of nitrogens with zero attached hydrogens (tertiary/aromatic N) is 2. The number of para-hydroxylation sites is 1. The Morgan fingerprint density at radius 1 is 1.20 bits per heavy atom. The van der Waals surface area contributed by atoms with Crippen molar-refractivity contribution in [2.45, 2.75) is 19.3 Å². The summed E-state index contributed by atoms with van der Waals surface area (Å²) in [5, 5.41) is 9.99. The Hall–Kier alpha value is -2.90. The van der Waals surface area contributed by atoms with Crippen LogP contribution in [0.1, 0.15) is 27.3 Å². The van der Waals surface area contributed by atoms with Gasteiger partial charge < -0.3 is 10.0 Å². The number of hydrogen-bond acceptors (Lipinski definition) is 4. The van der Waals surface area contributed by atoms with E-state index in [0.717, 1.165) is 11.6 Å². The van der Waals surface area contributed by atoms with Gasteiger partial charge in [0.25, 0.3) is 11.8 Å². The number of anilines is 1. The van der Waals surface area contributed by atoms with Crippen molar-refractivity contribution < 1.29 is 18.7 Å². The SMILES string of the molecule is Cc1nc(-c2ccccc2)sc1C(=O)N1CCC(F)(F)C(=CCO)c2ccccc21. The van der Waals surface area contributed by atoms with E-state index in [1.807, 2.05) is 30.3 Å². The molecule has 2 heterocycles. The van der Waals surface area contributed by atoms with E-state index in [1.54, 1.807) is 31.2 Å². The summed E-state index contributed by atoms with van der Waals surface area (Å²) in [6.45, 7) is 1.12. The van der Waals surface area contributed by atoms with Crippen molar-refractivity contribution >= 4 is 28.5 Å². The van der Waals surface area contributed by atoms with Gasteiger partial charge in [-0.25, -0.2) is 13.8 Å². The fourth-order valence-corrected chi connectivity index (χ4v) is 4.64. The minimum Gasteiger partial charge on any atom is -0.392 e. The normalized spacial score (nSPS) is 16.9. The number of carbonyl (C=O) groups is 1. The predicted octanol–water partition coefficient (Wildman–Crippen LogP) is 5.18. The lowest BCUT2D eigenvalue weighted by Crippen LogP contribution is -2.33. The molecule has 4 rings (SSSR count). The maximum absolute atomic E-state index is 14.8. The number of alkyl halides is 2. The zero-order chi connectivity index (χ0) is 21.3. The van der Waals surface area contributed by atoms with Crippen molar-refractivity contribution in [1.82, 2.24) is 4.98 Å². The lowest BCUT2D eigenvalue weighted by molar-refractivity contribution is 0.0596. The third-order valence-electron chi connectivity index (χ3n) is 5.08. The topological polar surface area (TPSA) is 53.4 Å². The number of halogens is 2. The van der Waals surface area contributed by atoms with Gasteiger partial charge in [0.05, 0.1) is 18.0 Å². The van der Waals surface area contributed by atoms with E-state index in [4.69, 9.17) is 0 Å². The van der Waals surface area contributed by atoms with E-state index < -0.39 is 19.0 Å². The maximum Gasteiger partial charge on any atom is 0.275 e. The molecule has 0 fully saturated rings. The van der Waals surface area contributed by atoms with Crippen LogP contribution in [-0.4, -0.2) is 35.1 Å². The average Bonchev–Trinajstić information content (AvgIpc) is 3.09. The van der Waals surface area contributed by atoms with E-state index in [9.17, 15) is 18.7 Å². The zero-order valence-electron chi connectivity index (χ0n) is 16.3. The predicted molar refractivity (Wildman–Crippen MR) is 115 cm³/mol. The molecule has 0 unspecified atom stereocenters. The van der Waals surface area contributed by atoms with Crippen LogP contribution < -0.4 is 4.90 Å². The molecule has 1 amide bonds. The van der Waals surface area contributed by atoms with Gasteiger partial charge in [0.1, 0.15) is 9.88 Å². The Morgan fingerprint density at radius 3 is 2.63 bits per heavy atom. The highest BCUT2D eigenvalue weighted by Crippen LogP contribution is 2.43. The number of aromatic nitrogens is 1. The van der Waals surface area contributed by atoms with E-state index in [1.165, 1.54) is 16.2 Å². The summed E-state index contributed by atoms with van der Waals surface area (Å²) >= 11 is 1.26. The van der Waals surface area contributed by atoms with Crippen LogP contribution >= 0.6 is 11.3 Å². The number of aryl methyl sites for hydroxylation is 1. The maximum atomic E-state index is 14.8. The molecule has 7 heteroatoms. The van der Waals surface area contributed by atoms with Gasteiger partial charge in [-0.3, -0.25) is 4.79 Å². The molecule has 0 aliphatic carbocycles. The molecule has 0 spiro atoms. The molecule has 0 saturated heterocycles. The molecule has 0 saturated carbocycles. The largest absolute Gasteiger partial charge is 0.392 e. The number of fused-ring (bicyclic) bond motifs is 1. The van der Waals surface area contributed by atoms with Crippen LogP contribution in [0.2, 0.25) is 0 Å². The van der Waals surface area contributed by atoms with E-state index in [2.05, 4.69) is 4.98 Å². The molecule has 2 aromatic carbocycles. The molecule has 1 aliphatic rings. The third-order valence-corrected chi connectivity index (χ3v) is 6.28. The van der Waals surface area contributed by atoms with Crippen LogP contribution in [0, 0.1) is 6.92 Å². The van der Waals surface area contributed by atoms with Crippen molar-refractivity contribution in [3.05, 3.63) is 76.8 Å². The standard InChI is InChI=1S/C23H20F2N2O2S/c1-15-20(30-21(26-15)16-7-3-2-4-8-16)22(29)27-13-12-23(24,25)18(11-14-28)17-9-5-6-10-19(17)27/h2-11,28H,12-14H2,1H3. The van der Waals surface area contributed by atoms with Gasteiger partial charge in [-0.2, -0.15) is 0 Å². The number of thiazole rings is 1. The number of aliphatic hydroxyl groups is 1. The van der Waals surface area contributed by atoms with Crippen molar-refractivity contribution in [2.24, 2.45) is 0 Å². The lowest BCUT2D eigenvalue weighted by atomic mass is 9.97. The summed E-state index contributed by atoms with van der Waals surface area (Å²) in [5.41, 5.74) is 1.90. The summed E-state index contributed by atoms with van der Waals surface area (Å²) in [7, 11) is 0. The molecule has 4 nitrogen and oxygen atoms in total. The molecular weight excluding hydrogens is 406 g/mol. The number of benzene rings is 2. The van der Waals surface area contributed by atoms with E-state index in [-0.39, 0.29) is 23.6 Å². The molecule has 1 aromatic heterocycles. The van der Waals surface area contributed by atoms with Crippen LogP contribution in [0.25, 0.3) is 16.1 Å². The summed E-state index contributed by atoms with van der Waals surface area (Å²) in [6.07, 6.45) is 0.598. The number of allylic oxidation sites excluding steroid dienone is 1. The second-order valence-corrected chi connectivity index (χ2v) is 8.03. The second kappa shape index (κ2) is 8.08. The highest BCUT2D eigenvalue weighted by atomic mass is 32.1. The van der Waals surface area contributed by atoms with E-state index in [0.29, 0.717) is 21.3 Å². The summed E-state index contributed by atoms with van der Waals surface area (Å²) in [5.74, 6) is -3.49. The molecule has 30 heavy (non-hydrogen) atoms. The van der Waals surface area contributed by atoms with Crippen LogP contribution in [-0.2, 0) is 0 Å². The number of aliphatic hydroxyl groups excluding tert-OH is 1. The van der Waals surface area contributed by atoms with Crippen molar-refractivity contribution in [1.29, 1.82) is 0 Å². The van der Waals surface area contributed by atoms with Crippen molar-refractivity contribution in [2.75, 3.05) is 18.1 Å². The van der Waals surface area contributed by atoms with Crippen LogP contribution in [0.5, 0.6) is 0 Å².